The van der Waals surface area contributed by atoms with E-state index in [4.69, 9.17) is 4.74 Å². The Morgan fingerprint density at radius 2 is 1.81 bits per heavy atom. The summed E-state index contributed by atoms with van der Waals surface area (Å²) in [6.07, 6.45) is 2.32. The summed E-state index contributed by atoms with van der Waals surface area (Å²) in [5.74, 6) is -0.750. The van der Waals surface area contributed by atoms with E-state index in [1.165, 1.54) is 0 Å². The SMILES string of the molecule is COc1ccc(/C(O)=C2\C(=O)C(=O)N(CCN3CCCC3)C2c2cccc(Br)c2)cc1. The Kier molecular flexibility index (Phi) is 6.43. The highest BCUT2D eigenvalue weighted by molar-refractivity contribution is 9.10. The van der Waals surface area contributed by atoms with Gasteiger partial charge in [-0.15, -0.1) is 0 Å². The van der Waals surface area contributed by atoms with Gasteiger partial charge in [-0.3, -0.25) is 9.59 Å². The van der Waals surface area contributed by atoms with Gasteiger partial charge in [-0.05, 0) is 67.9 Å². The third kappa shape index (κ3) is 4.38. The molecule has 1 amide bonds. The molecule has 0 radical (unpaired) electrons. The molecule has 162 valence electrons. The number of methoxy groups -OCH3 is 1. The lowest BCUT2D eigenvalue weighted by molar-refractivity contribution is -0.140. The molecule has 0 bridgehead atoms. The second kappa shape index (κ2) is 9.24. The number of halogens is 1. The van der Waals surface area contributed by atoms with Crippen LogP contribution in [0.3, 0.4) is 0 Å². The van der Waals surface area contributed by atoms with Crippen molar-refractivity contribution in [2.75, 3.05) is 33.3 Å². The number of rotatable bonds is 6. The van der Waals surface area contributed by atoms with E-state index in [1.807, 2.05) is 24.3 Å². The van der Waals surface area contributed by atoms with Crippen molar-refractivity contribution in [2.24, 2.45) is 0 Å². The minimum absolute atomic E-state index is 0.120. The smallest absolute Gasteiger partial charge is 0.295 e. The van der Waals surface area contributed by atoms with Gasteiger partial charge < -0.3 is 19.6 Å². The number of carbonyl (C=O) groups excluding carboxylic acids is 2. The third-order valence-electron chi connectivity index (χ3n) is 5.92. The van der Waals surface area contributed by atoms with Crippen molar-refractivity contribution in [3.63, 3.8) is 0 Å². The van der Waals surface area contributed by atoms with Gasteiger partial charge in [0, 0.05) is 23.1 Å². The molecule has 2 aliphatic rings. The minimum Gasteiger partial charge on any atom is -0.507 e. The van der Waals surface area contributed by atoms with E-state index < -0.39 is 17.7 Å². The monoisotopic (exact) mass is 484 g/mol. The summed E-state index contributed by atoms with van der Waals surface area (Å²) in [5.41, 5.74) is 1.37. The zero-order valence-corrected chi connectivity index (χ0v) is 19.0. The number of hydrogen-bond donors (Lipinski definition) is 1. The topological polar surface area (TPSA) is 70.1 Å². The quantitative estimate of drug-likeness (QED) is 0.381. The molecule has 1 N–H and O–H groups in total. The standard InChI is InChI=1S/C24H25BrN2O4/c1-31-19-9-7-16(8-10-19)22(28)20-21(17-5-4-6-18(25)15-17)27(24(30)23(20)29)14-13-26-11-2-3-12-26/h4-10,15,21,28H,2-3,11-14H2,1H3/b22-20+. The number of aliphatic hydroxyl groups excluding tert-OH is 1. The molecular formula is C24H25BrN2O4. The molecule has 2 heterocycles. The fourth-order valence-corrected chi connectivity index (χ4v) is 4.71. The summed E-state index contributed by atoms with van der Waals surface area (Å²) in [7, 11) is 1.56. The van der Waals surface area contributed by atoms with Gasteiger partial charge in [0.2, 0.25) is 0 Å². The molecule has 0 aromatic heterocycles. The highest BCUT2D eigenvalue weighted by Gasteiger charge is 2.46. The average molecular weight is 485 g/mol. The predicted molar refractivity (Wildman–Crippen MR) is 122 cm³/mol. The summed E-state index contributed by atoms with van der Waals surface area (Å²) in [5, 5.41) is 11.1. The average Bonchev–Trinajstić information content (AvgIpc) is 3.39. The second-order valence-corrected chi connectivity index (χ2v) is 8.74. The molecule has 4 rings (SSSR count). The van der Waals surface area contributed by atoms with Crippen molar-refractivity contribution >= 4 is 33.4 Å². The number of ketones is 1. The highest BCUT2D eigenvalue weighted by atomic mass is 79.9. The van der Waals surface area contributed by atoms with E-state index >= 15 is 0 Å². The molecule has 0 saturated carbocycles. The van der Waals surface area contributed by atoms with E-state index in [-0.39, 0.29) is 11.3 Å². The number of ether oxygens (including phenoxy) is 1. The van der Waals surface area contributed by atoms with Gasteiger partial charge in [0.1, 0.15) is 11.5 Å². The summed E-state index contributed by atoms with van der Waals surface area (Å²) in [6.45, 7) is 3.16. The van der Waals surface area contributed by atoms with Crippen LogP contribution in [0.2, 0.25) is 0 Å². The van der Waals surface area contributed by atoms with Crippen LogP contribution in [-0.4, -0.2) is 59.9 Å². The van der Waals surface area contributed by atoms with Crippen molar-refractivity contribution in [1.82, 2.24) is 9.80 Å². The van der Waals surface area contributed by atoms with Crippen molar-refractivity contribution in [1.29, 1.82) is 0 Å². The maximum Gasteiger partial charge on any atom is 0.295 e. The lowest BCUT2D eigenvalue weighted by Crippen LogP contribution is -2.37. The molecule has 1 atom stereocenters. The van der Waals surface area contributed by atoms with E-state index in [2.05, 4.69) is 20.8 Å². The fourth-order valence-electron chi connectivity index (χ4n) is 4.29. The van der Waals surface area contributed by atoms with E-state index in [0.717, 1.165) is 36.0 Å². The molecule has 2 aliphatic heterocycles. The first kappa shape index (κ1) is 21.6. The lowest BCUT2D eigenvalue weighted by atomic mass is 9.95. The number of benzene rings is 2. The van der Waals surface area contributed by atoms with E-state index in [1.54, 1.807) is 36.3 Å². The molecular weight excluding hydrogens is 460 g/mol. The summed E-state index contributed by atoms with van der Waals surface area (Å²) in [6, 6.07) is 13.7. The molecule has 0 spiro atoms. The Balaban J connectivity index is 1.75. The Morgan fingerprint density at radius 3 is 2.45 bits per heavy atom. The van der Waals surface area contributed by atoms with E-state index in [0.29, 0.717) is 24.4 Å². The number of nitrogens with zero attached hydrogens (tertiary/aromatic N) is 2. The number of Topliss-reactive ketones (excluding diaryl/α,β-unsaturated/α-hetero) is 1. The molecule has 1 unspecified atom stereocenters. The predicted octanol–water partition coefficient (Wildman–Crippen LogP) is 3.98. The second-order valence-electron chi connectivity index (χ2n) is 7.82. The zero-order chi connectivity index (χ0) is 22.0. The van der Waals surface area contributed by atoms with Crippen LogP contribution in [0.1, 0.15) is 30.0 Å². The largest absolute Gasteiger partial charge is 0.507 e. The van der Waals surface area contributed by atoms with Crippen molar-refractivity contribution in [3.05, 3.63) is 69.7 Å². The number of amides is 1. The highest BCUT2D eigenvalue weighted by Crippen LogP contribution is 2.40. The number of aliphatic hydroxyl groups is 1. The van der Waals surface area contributed by atoms with Crippen LogP contribution in [0.5, 0.6) is 5.75 Å². The van der Waals surface area contributed by atoms with Crippen LogP contribution in [0.4, 0.5) is 0 Å². The number of carbonyl (C=O) groups is 2. The van der Waals surface area contributed by atoms with Gasteiger partial charge in [0.25, 0.3) is 11.7 Å². The van der Waals surface area contributed by atoms with Gasteiger partial charge in [-0.1, -0.05) is 28.1 Å². The fraction of sp³-hybridized carbons (Fsp3) is 0.333. The summed E-state index contributed by atoms with van der Waals surface area (Å²) >= 11 is 3.48. The van der Waals surface area contributed by atoms with Crippen LogP contribution in [0, 0.1) is 0 Å². The Bertz CT molecular complexity index is 1010. The van der Waals surface area contributed by atoms with Crippen LogP contribution in [0.15, 0.2) is 58.6 Å². The molecule has 6 nitrogen and oxygen atoms in total. The first-order valence-corrected chi connectivity index (χ1v) is 11.2. The van der Waals surface area contributed by atoms with Gasteiger partial charge in [0.15, 0.2) is 0 Å². The Labute approximate surface area is 190 Å². The van der Waals surface area contributed by atoms with Gasteiger partial charge in [-0.25, -0.2) is 0 Å². The number of likely N-dealkylation sites (tertiary alicyclic amines) is 2. The maximum atomic E-state index is 13.1. The molecule has 31 heavy (non-hydrogen) atoms. The van der Waals surface area contributed by atoms with Crippen LogP contribution < -0.4 is 4.74 Å². The van der Waals surface area contributed by atoms with Crippen molar-refractivity contribution in [2.45, 2.75) is 18.9 Å². The van der Waals surface area contributed by atoms with Crippen LogP contribution in [0.25, 0.3) is 5.76 Å². The number of hydrogen-bond acceptors (Lipinski definition) is 5. The van der Waals surface area contributed by atoms with Gasteiger partial charge >= 0.3 is 0 Å². The molecule has 2 saturated heterocycles. The molecule has 7 heteroatoms. The van der Waals surface area contributed by atoms with Crippen LogP contribution >= 0.6 is 15.9 Å². The van der Waals surface area contributed by atoms with E-state index in [9.17, 15) is 14.7 Å². The van der Waals surface area contributed by atoms with Crippen LogP contribution in [-0.2, 0) is 9.59 Å². The molecule has 0 aliphatic carbocycles. The normalized spacial score (nSPS) is 21.1. The maximum absolute atomic E-state index is 13.1. The third-order valence-corrected chi connectivity index (χ3v) is 6.42. The minimum atomic E-state index is -0.653. The summed E-state index contributed by atoms with van der Waals surface area (Å²) in [4.78, 5) is 30.0. The molecule has 2 aromatic rings. The lowest BCUT2D eigenvalue weighted by Gasteiger charge is -2.27. The van der Waals surface area contributed by atoms with Crippen molar-refractivity contribution < 1.29 is 19.4 Å². The van der Waals surface area contributed by atoms with Gasteiger partial charge in [-0.2, -0.15) is 0 Å². The van der Waals surface area contributed by atoms with Gasteiger partial charge in [0.05, 0.1) is 18.7 Å². The van der Waals surface area contributed by atoms with Crippen molar-refractivity contribution in [3.8, 4) is 5.75 Å². The zero-order valence-electron chi connectivity index (χ0n) is 17.4. The first-order valence-electron chi connectivity index (χ1n) is 10.4. The molecule has 2 aromatic carbocycles. The Morgan fingerprint density at radius 1 is 1.10 bits per heavy atom. The first-order chi connectivity index (χ1) is 15.0. The summed E-state index contributed by atoms with van der Waals surface area (Å²) < 4.78 is 6.02. The Hall–Kier alpha value is -2.64. The molecule has 2 fully saturated rings.